The zero-order valence-electron chi connectivity index (χ0n) is 17.4. The predicted octanol–water partition coefficient (Wildman–Crippen LogP) is 1.53. The minimum absolute atomic E-state index is 0.00208. The van der Waals surface area contributed by atoms with Crippen LogP contribution in [0.3, 0.4) is 0 Å². The Labute approximate surface area is 184 Å². The fourth-order valence-electron chi connectivity index (χ4n) is 3.19. The molecule has 0 atom stereocenters. The van der Waals surface area contributed by atoms with E-state index < -0.39 is 40.1 Å². The number of imide groups is 1. The number of carbonyl (C=O) groups is 4. The third-order valence-electron chi connectivity index (χ3n) is 4.54. The number of carbonyl (C=O) groups excluding carboxylic acids is 4. The summed E-state index contributed by atoms with van der Waals surface area (Å²) in [7, 11) is -4.36. The minimum atomic E-state index is -4.36. The highest BCUT2D eigenvalue weighted by Crippen LogP contribution is 2.28. The molecule has 4 amide bonds. The molecule has 1 aliphatic heterocycles. The second kappa shape index (κ2) is 9.18. The summed E-state index contributed by atoms with van der Waals surface area (Å²) in [4.78, 5) is 49.0. The quantitative estimate of drug-likeness (QED) is 0.571. The first-order chi connectivity index (χ1) is 15.1. The number of hydrogen-bond donors (Lipinski definition) is 2. The molecule has 0 bridgehead atoms. The van der Waals surface area contributed by atoms with Gasteiger partial charge in [0.25, 0.3) is 21.8 Å². The second-order valence-electron chi connectivity index (χ2n) is 6.86. The van der Waals surface area contributed by atoms with Crippen molar-refractivity contribution < 1.29 is 32.3 Å². The van der Waals surface area contributed by atoms with E-state index in [1.165, 1.54) is 37.3 Å². The van der Waals surface area contributed by atoms with Crippen LogP contribution in [-0.2, 0) is 19.6 Å². The largest absolute Gasteiger partial charge is 0.492 e. The zero-order valence-corrected chi connectivity index (χ0v) is 18.2. The maximum atomic E-state index is 12.8. The molecule has 3 rings (SSSR count). The molecule has 10 nitrogen and oxygen atoms in total. The highest BCUT2D eigenvalue weighted by atomic mass is 32.2. The molecule has 0 aliphatic carbocycles. The van der Waals surface area contributed by atoms with Gasteiger partial charge in [0.2, 0.25) is 11.8 Å². The van der Waals surface area contributed by atoms with Crippen LogP contribution in [0.5, 0.6) is 5.75 Å². The van der Waals surface area contributed by atoms with Gasteiger partial charge in [-0.25, -0.2) is 13.1 Å². The molecule has 0 saturated heterocycles. The average Bonchev–Trinajstić information content (AvgIpc) is 2.97. The standard InChI is InChI=1S/C21H21N3O7S/c1-3-31-17-9-8-14(22-13(2)25)12-18(17)32(29,30)23-19(26)10-11-24-20(27)15-6-4-5-7-16(15)21(24)28/h4-9,12H,3,10-11H2,1-2H3,(H,22,25)(H,23,26). The number of fused-ring (bicyclic) bond motifs is 1. The van der Waals surface area contributed by atoms with Crippen LogP contribution in [0.15, 0.2) is 47.4 Å². The average molecular weight is 459 g/mol. The monoisotopic (exact) mass is 459 g/mol. The van der Waals surface area contributed by atoms with Gasteiger partial charge in [-0.15, -0.1) is 0 Å². The Morgan fingerprint density at radius 1 is 1.03 bits per heavy atom. The smallest absolute Gasteiger partial charge is 0.267 e. The zero-order chi connectivity index (χ0) is 23.5. The van der Waals surface area contributed by atoms with Gasteiger partial charge in [-0.3, -0.25) is 24.1 Å². The van der Waals surface area contributed by atoms with Crippen LogP contribution in [0.4, 0.5) is 5.69 Å². The van der Waals surface area contributed by atoms with Gasteiger partial charge in [0.05, 0.1) is 17.7 Å². The first kappa shape index (κ1) is 22.9. The fraction of sp³-hybridized carbons (Fsp3) is 0.238. The Kier molecular flexibility index (Phi) is 6.58. The van der Waals surface area contributed by atoms with Crippen molar-refractivity contribution in [3.05, 3.63) is 53.6 Å². The SMILES string of the molecule is CCOc1ccc(NC(C)=O)cc1S(=O)(=O)NC(=O)CCN1C(=O)c2ccccc2C1=O. The van der Waals surface area contributed by atoms with Crippen LogP contribution in [0, 0.1) is 0 Å². The normalized spacial score (nSPS) is 13.0. The molecule has 1 heterocycles. The van der Waals surface area contributed by atoms with Gasteiger partial charge in [0.15, 0.2) is 0 Å². The van der Waals surface area contributed by atoms with E-state index in [4.69, 9.17) is 4.74 Å². The first-order valence-electron chi connectivity index (χ1n) is 9.69. The van der Waals surface area contributed by atoms with Gasteiger partial charge in [-0.2, -0.15) is 0 Å². The summed E-state index contributed by atoms with van der Waals surface area (Å²) in [5.74, 6) is -2.38. The summed E-state index contributed by atoms with van der Waals surface area (Å²) in [6.45, 7) is 2.83. The van der Waals surface area contributed by atoms with Crippen LogP contribution in [0.2, 0.25) is 0 Å². The Bertz CT molecular complexity index is 1170. The van der Waals surface area contributed by atoms with Crippen molar-refractivity contribution in [3.63, 3.8) is 0 Å². The molecular weight excluding hydrogens is 438 g/mol. The molecule has 0 spiro atoms. The highest BCUT2D eigenvalue weighted by molar-refractivity contribution is 7.90. The number of nitrogens with zero attached hydrogens (tertiary/aromatic N) is 1. The molecule has 2 aromatic rings. The first-order valence-corrected chi connectivity index (χ1v) is 11.2. The van der Waals surface area contributed by atoms with Crippen molar-refractivity contribution in [2.75, 3.05) is 18.5 Å². The molecule has 1 aliphatic rings. The Morgan fingerprint density at radius 3 is 2.22 bits per heavy atom. The number of ether oxygens (including phenoxy) is 1. The maximum absolute atomic E-state index is 12.8. The summed E-state index contributed by atoms with van der Waals surface area (Å²) in [6, 6.07) is 10.3. The Hall–Kier alpha value is -3.73. The summed E-state index contributed by atoms with van der Waals surface area (Å²) >= 11 is 0. The van der Waals surface area contributed by atoms with E-state index >= 15 is 0 Å². The van der Waals surface area contributed by atoms with Crippen LogP contribution in [-0.4, -0.2) is 50.1 Å². The fourth-order valence-corrected chi connectivity index (χ4v) is 4.37. The van der Waals surface area contributed by atoms with Crippen molar-refractivity contribution in [2.45, 2.75) is 25.2 Å². The van der Waals surface area contributed by atoms with Gasteiger partial charge in [0, 0.05) is 25.6 Å². The molecule has 32 heavy (non-hydrogen) atoms. The van der Waals surface area contributed by atoms with Gasteiger partial charge in [-0.1, -0.05) is 12.1 Å². The summed E-state index contributed by atoms with van der Waals surface area (Å²) in [6.07, 6.45) is -0.417. The minimum Gasteiger partial charge on any atom is -0.492 e. The molecule has 2 aromatic carbocycles. The van der Waals surface area contributed by atoms with Crippen LogP contribution in [0.1, 0.15) is 41.0 Å². The van der Waals surface area contributed by atoms with E-state index in [9.17, 15) is 27.6 Å². The van der Waals surface area contributed by atoms with E-state index in [-0.39, 0.29) is 40.6 Å². The molecular formula is C21H21N3O7S. The van der Waals surface area contributed by atoms with E-state index in [2.05, 4.69) is 5.32 Å². The topological polar surface area (TPSA) is 139 Å². The molecule has 0 radical (unpaired) electrons. The van der Waals surface area contributed by atoms with E-state index in [0.29, 0.717) is 0 Å². The lowest BCUT2D eigenvalue weighted by Crippen LogP contribution is -2.36. The van der Waals surface area contributed by atoms with Crippen molar-refractivity contribution in [2.24, 2.45) is 0 Å². The molecule has 11 heteroatoms. The third kappa shape index (κ3) is 4.78. The van der Waals surface area contributed by atoms with Crippen LogP contribution in [0.25, 0.3) is 0 Å². The summed E-state index contributed by atoms with van der Waals surface area (Å²) < 4.78 is 32.9. The summed E-state index contributed by atoms with van der Waals surface area (Å²) in [5, 5.41) is 2.47. The molecule has 168 valence electrons. The number of benzene rings is 2. The number of hydrogen-bond acceptors (Lipinski definition) is 7. The molecule has 0 aromatic heterocycles. The van der Waals surface area contributed by atoms with Gasteiger partial charge >= 0.3 is 0 Å². The molecule has 0 unspecified atom stereocenters. The lowest BCUT2D eigenvalue weighted by molar-refractivity contribution is -0.119. The van der Waals surface area contributed by atoms with Crippen molar-refractivity contribution >= 4 is 39.3 Å². The highest BCUT2D eigenvalue weighted by Gasteiger charge is 2.35. The number of anilines is 1. The second-order valence-corrected chi connectivity index (χ2v) is 8.51. The summed E-state index contributed by atoms with van der Waals surface area (Å²) in [5.41, 5.74) is 0.683. The Balaban J connectivity index is 1.73. The number of rotatable bonds is 8. The molecule has 2 N–H and O–H groups in total. The van der Waals surface area contributed by atoms with Crippen LogP contribution >= 0.6 is 0 Å². The molecule has 0 saturated carbocycles. The number of nitrogens with one attached hydrogen (secondary N) is 2. The van der Waals surface area contributed by atoms with Crippen molar-refractivity contribution in [3.8, 4) is 5.75 Å². The predicted molar refractivity (Wildman–Crippen MR) is 114 cm³/mol. The third-order valence-corrected chi connectivity index (χ3v) is 5.94. The number of amides is 4. The van der Waals surface area contributed by atoms with E-state index in [0.717, 1.165) is 4.90 Å². The lowest BCUT2D eigenvalue weighted by Gasteiger charge is -2.15. The van der Waals surface area contributed by atoms with Crippen LogP contribution < -0.4 is 14.8 Å². The van der Waals surface area contributed by atoms with Gasteiger partial charge in [-0.05, 0) is 37.3 Å². The van der Waals surface area contributed by atoms with Gasteiger partial charge in [0.1, 0.15) is 10.6 Å². The van der Waals surface area contributed by atoms with Crippen molar-refractivity contribution in [1.82, 2.24) is 9.62 Å². The van der Waals surface area contributed by atoms with E-state index in [1.54, 1.807) is 19.1 Å². The van der Waals surface area contributed by atoms with E-state index in [1.807, 2.05) is 4.72 Å². The maximum Gasteiger partial charge on any atom is 0.267 e. The number of sulfonamides is 1. The lowest BCUT2D eigenvalue weighted by atomic mass is 10.1. The van der Waals surface area contributed by atoms with Crippen molar-refractivity contribution in [1.29, 1.82) is 0 Å². The van der Waals surface area contributed by atoms with Gasteiger partial charge < -0.3 is 10.1 Å². The Morgan fingerprint density at radius 2 is 1.66 bits per heavy atom. The molecule has 0 fully saturated rings.